The number of carbonyl (C=O) groups excluding carboxylic acids is 1. The number of nitrogens with zero attached hydrogens (tertiary/aromatic N) is 1. The summed E-state index contributed by atoms with van der Waals surface area (Å²) in [5.74, 6) is -0.685. The fraction of sp³-hybridized carbons (Fsp3) is 0.385. The van der Waals surface area contributed by atoms with E-state index in [0.717, 1.165) is 0 Å². The van der Waals surface area contributed by atoms with E-state index < -0.39 is 5.92 Å². The highest BCUT2D eigenvalue weighted by Gasteiger charge is 2.27. The Morgan fingerprint density at radius 3 is 2.58 bits per heavy atom. The van der Waals surface area contributed by atoms with Crippen molar-refractivity contribution in [1.82, 2.24) is 0 Å². The lowest BCUT2D eigenvalue weighted by atomic mass is 9.93. The Kier molecular flexibility index (Phi) is 5.17. The summed E-state index contributed by atoms with van der Waals surface area (Å²) in [5.41, 5.74) is 6.10. The number of nitrogens with two attached hydrogens (primary N) is 1. The second-order valence-corrected chi connectivity index (χ2v) is 4.44. The Morgan fingerprint density at radius 1 is 1.42 bits per heavy atom. The van der Waals surface area contributed by atoms with Gasteiger partial charge in [0.25, 0.3) is 0 Å². The number of rotatable bonds is 5. The topological polar surface area (TPSA) is 96.9 Å². The van der Waals surface area contributed by atoms with Gasteiger partial charge in [-0.05, 0) is 18.1 Å². The van der Waals surface area contributed by atoms with Crippen LogP contribution in [0.25, 0.3) is 0 Å². The molecule has 0 fully saturated rings. The molecule has 0 saturated carbocycles. The van der Waals surface area contributed by atoms with Crippen molar-refractivity contribution in [2.24, 2.45) is 22.7 Å². The zero-order valence-corrected chi connectivity index (χ0v) is 11.3. The molecule has 1 rings (SSSR count). The van der Waals surface area contributed by atoms with Crippen LogP contribution in [0.1, 0.15) is 13.8 Å². The van der Waals surface area contributed by atoms with Crippen LogP contribution in [0.4, 0.5) is 5.69 Å². The van der Waals surface area contributed by atoms with Crippen molar-refractivity contribution >= 4 is 17.4 Å². The standard InChI is InChI=1S/C13H19N3O3/c1-8(2)11(12(14)16-18)13(17)15-9-6-4-5-7-10(9)19-3/h4-8,11,18H,1-3H3,(H2,14,16)(H,15,17). The first-order valence-corrected chi connectivity index (χ1v) is 5.92. The number of carbonyl (C=O) groups is 1. The zero-order chi connectivity index (χ0) is 14.4. The zero-order valence-electron chi connectivity index (χ0n) is 11.3. The third-order valence-electron chi connectivity index (χ3n) is 2.75. The maximum atomic E-state index is 12.2. The summed E-state index contributed by atoms with van der Waals surface area (Å²) in [5, 5.41) is 14.4. The minimum absolute atomic E-state index is 0.0920. The number of hydrogen-bond acceptors (Lipinski definition) is 4. The Morgan fingerprint density at radius 2 is 2.05 bits per heavy atom. The van der Waals surface area contributed by atoms with E-state index in [-0.39, 0.29) is 17.7 Å². The lowest BCUT2D eigenvalue weighted by molar-refractivity contribution is -0.119. The lowest BCUT2D eigenvalue weighted by Crippen LogP contribution is -2.38. The summed E-state index contributed by atoms with van der Waals surface area (Å²) >= 11 is 0. The fourth-order valence-electron chi connectivity index (χ4n) is 1.80. The summed E-state index contributed by atoms with van der Waals surface area (Å²) in [6.07, 6.45) is 0. The van der Waals surface area contributed by atoms with Crippen LogP contribution in [-0.2, 0) is 4.79 Å². The van der Waals surface area contributed by atoms with Crippen LogP contribution < -0.4 is 15.8 Å². The van der Waals surface area contributed by atoms with E-state index in [1.165, 1.54) is 7.11 Å². The van der Waals surface area contributed by atoms with Crippen molar-refractivity contribution < 1.29 is 14.7 Å². The maximum absolute atomic E-state index is 12.2. The van der Waals surface area contributed by atoms with Gasteiger partial charge in [-0.1, -0.05) is 31.1 Å². The number of hydrogen-bond donors (Lipinski definition) is 3. The molecule has 6 nitrogen and oxygen atoms in total. The fourth-order valence-corrected chi connectivity index (χ4v) is 1.80. The maximum Gasteiger partial charge on any atom is 0.235 e. The van der Waals surface area contributed by atoms with Gasteiger partial charge in [0.05, 0.1) is 12.8 Å². The quantitative estimate of drug-likeness (QED) is 0.326. The highest BCUT2D eigenvalue weighted by molar-refractivity contribution is 6.08. The van der Waals surface area contributed by atoms with Crippen LogP contribution in [0.15, 0.2) is 29.4 Å². The number of nitrogens with one attached hydrogen (secondary N) is 1. The van der Waals surface area contributed by atoms with Gasteiger partial charge in [-0.3, -0.25) is 4.79 Å². The Balaban J connectivity index is 2.94. The first-order valence-electron chi connectivity index (χ1n) is 5.92. The Bertz CT molecular complexity index is 472. The van der Waals surface area contributed by atoms with Gasteiger partial charge in [0.2, 0.25) is 5.91 Å². The summed E-state index contributed by atoms with van der Waals surface area (Å²) in [6, 6.07) is 7.05. The summed E-state index contributed by atoms with van der Waals surface area (Å²) in [7, 11) is 1.52. The molecule has 19 heavy (non-hydrogen) atoms. The molecule has 0 aromatic heterocycles. The van der Waals surface area contributed by atoms with Crippen LogP contribution in [0, 0.1) is 11.8 Å². The monoisotopic (exact) mass is 265 g/mol. The first kappa shape index (κ1) is 14.8. The molecule has 6 heteroatoms. The molecule has 1 unspecified atom stereocenters. The number of amides is 1. The first-order chi connectivity index (χ1) is 9.01. The third kappa shape index (κ3) is 3.61. The summed E-state index contributed by atoms with van der Waals surface area (Å²) in [4.78, 5) is 12.2. The molecule has 1 aromatic carbocycles. The van der Waals surface area contributed by atoms with E-state index in [9.17, 15) is 4.79 Å². The smallest absolute Gasteiger partial charge is 0.235 e. The van der Waals surface area contributed by atoms with Crippen LogP contribution >= 0.6 is 0 Å². The molecule has 0 heterocycles. The van der Waals surface area contributed by atoms with Gasteiger partial charge >= 0.3 is 0 Å². The second-order valence-electron chi connectivity index (χ2n) is 4.44. The average Bonchev–Trinajstić information content (AvgIpc) is 2.38. The molecule has 0 saturated heterocycles. The highest BCUT2D eigenvalue weighted by atomic mass is 16.5. The number of oxime groups is 1. The van der Waals surface area contributed by atoms with Crippen molar-refractivity contribution in [3.8, 4) is 5.75 Å². The molecule has 0 aliphatic carbocycles. The van der Waals surface area contributed by atoms with E-state index in [1.807, 2.05) is 13.8 Å². The number of benzene rings is 1. The number of methoxy groups -OCH3 is 1. The van der Waals surface area contributed by atoms with Crippen LogP contribution in [0.5, 0.6) is 5.75 Å². The van der Waals surface area contributed by atoms with Crippen molar-refractivity contribution in [2.75, 3.05) is 12.4 Å². The predicted octanol–water partition coefficient (Wildman–Crippen LogP) is 1.65. The molecule has 0 aliphatic rings. The van der Waals surface area contributed by atoms with Gasteiger partial charge in [-0.25, -0.2) is 0 Å². The molecule has 1 aromatic rings. The van der Waals surface area contributed by atoms with Crippen LogP contribution in [-0.4, -0.2) is 24.1 Å². The number of anilines is 1. The summed E-state index contributed by atoms with van der Waals surface area (Å²) < 4.78 is 5.15. The molecular formula is C13H19N3O3. The van der Waals surface area contributed by atoms with Crippen molar-refractivity contribution in [1.29, 1.82) is 0 Å². The highest BCUT2D eigenvalue weighted by Crippen LogP contribution is 2.24. The molecule has 0 spiro atoms. The summed E-state index contributed by atoms with van der Waals surface area (Å²) in [6.45, 7) is 3.65. The van der Waals surface area contributed by atoms with Crippen molar-refractivity contribution in [3.63, 3.8) is 0 Å². The van der Waals surface area contributed by atoms with Crippen molar-refractivity contribution in [2.45, 2.75) is 13.8 Å². The molecule has 4 N–H and O–H groups in total. The SMILES string of the molecule is COc1ccccc1NC(=O)C(C(N)=NO)C(C)C. The Hall–Kier alpha value is -2.24. The number of para-hydroxylation sites is 2. The van der Waals surface area contributed by atoms with E-state index in [0.29, 0.717) is 11.4 Å². The minimum Gasteiger partial charge on any atom is -0.495 e. The largest absolute Gasteiger partial charge is 0.495 e. The van der Waals surface area contributed by atoms with Gasteiger partial charge in [0.1, 0.15) is 11.7 Å². The molecule has 1 atom stereocenters. The van der Waals surface area contributed by atoms with Gasteiger partial charge in [-0.2, -0.15) is 0 Å². The number of amidine groups is 1. The van der Waals surface area contributed by atoms with E-state index in [2.05, 4.69) is 10.5 Å². The van der Waals surface area contributed by atoms with E-state index in [1.54, 1.807) is 24.3 Å². The molecule has 0 bridgehead atoms. The Labute approximate surface area is 112 Å². The van der Waals surface area contributed by atoms with Crippen molar-refractivity contribution in [3.05, 3.63) is 24.3 Å². The molecule has 104 valence electrons. The van der Waals surface area contributed by atoms with Gasteiger partial charge in [-0.15, -0.1) is 0 Å². The molecule has 1 amide bonds. The minimum atomic E-state index is -0.699. The third-order valence-corrected chi connectivity index (χ3v) is 2.75. The van der Waals surface area contributed by atoms with Gasteiger partial charge < -0.3 is 21.0 Å². The van der Waals surface area contributed by atoms with E-state index in [4.69, 9.17) is 15.7 Å². The second kappa shape index (κ2) is 6.63. The molecular weight excluding hydrogens is 246 g/mol. The lowest BCUT2D eigenvalue weighted by Gasteiger charge is -2.19. The molecule has 0 aliphatic heterocycles. The van der Waals surface area contributed by atoms with E-state index >= 15 is 0 Å². The predicted molar refractivity (Wildman–Crippen MR) is 73.4 cm³/mol. The van der Waals surface area contributed by atoms with Crippen LogP contribution in [0.3, 0.4) is 0 Å². The number of ether oxygens (including phenoxy) is 1. The van der Waals surface area contributed by atoms with Crippen LogP contribution in [0.2, 0.25) is 0 Å². The average molecular weight is 265 g/mol. The van der Waals surface area contributed by atoms with Gasteiger partial charge in [0, 0.05) is 0 Å². The van der Waals surface area contributed by atoms with Gasteiger partial charge in [0.15, 0.2) is 5.84 Å². The normalized spacial score (nSPS) is 13.2. The molecule has 0 radical (unpaired) electrons.